The molecule has 2 atom stereocenters. The van der Waals surface area contributed by atoms with Crippen molar-refractivity contribution in [3.05, 3.63) is 30.1 Å². The molecular formula is C13H16N4O3. The molecule has 2 aromatic heterocycles. The van der Waals surface area contributed by atoms with Crippen LogP contribution in [0.25, 0.3) is 5.52 Å². The molecule has 106 valence electrons. The predicted octanol–water partition coefficient (Wildman–Crippen LogP) is 0.263. The minimum atomic E-state index is -0.189. The molecule has 1 aliphatic rings. The van der Waals surface area contributed by atoms with Crippen molar-refractivity contribution in [2.45, 2.75) is 18.6 Å². The van der Waals surface area contributed by atoms with Gasteiger partial charge < -0.3 is 14.8 Å². The van der Waals surface area contributed by atoms with Crippen LogP contribution in [0, 0.1) is 0 Å². The minimum Gasteiger partial charge on any atom is -0.379 e. The molecule has 1 N–H and O–H groups in total. The third-order valence-electron chi connectivity index (χ3n) is 3.46. The molecule has 0 saturated carbocycles. The van der Waals surface area contributed by atoms with Gasteiger partial charge in [0.05, 0.1) is 30.5 Å². The molecule has 3 rings (SSSR count). The summed E-state index contributed by atoms with van der Waals surface area (Å²) < 4.78 is 12.2. The molecule has 0 bridgehead atoms. The Morgan fingerprint density at radius 2 is 2.45 bits per heavy atom. The van der Waals surface area contributed by atoms with Gasteiger partial charge in [-0.25, -0.2) is 0 Å². The maximum absolute atomic E-state index is 12.3. The largest absolute Gasteiger partial charge is 0.379 e. The van der Waals surface area contributed by atoms with Crippen LogP contribution in [-0.4, -0.2) is 53.2 Å². The zero-order chi connectivity index (χ0) is 13.9. The van der Waals surface area contributed by atoms with Crippen molar-refractivity contribution >= 4 is 11.4 Å². The van der Waals surface area contributed by atoms with Gasteiger partial charge in [-0.15, -0.1) is 0 Å². The smallest absolute Gasteiger partial charge is 0.255 e. The van der Waals surface area contributed by atoms with Gasteiger partial charge >= 0.3 is 0 Å². The summed E-state index contributed by atoms with van der Waals surface area (Å²) in [5.74, 6) is -0.189. The SMILES string of the molecule is CO[C@@H]1CCOC[C@H]1NC(=O)c1cnn2ncccc12. The number of amides is 1. The highest BCUT2D eigenvalue weighted by Crippen LogP contribution is 2.13. The summed E-state index contributed by atoms with van der Waals surface area (Å²) in [5, 5.41) is 11.0. The Kier molecular flexibility index (Phi) is 3.62. The number of nitrogens with zero attached hydrogens (tertiary/aromatic N) is 3. The fraction of sp³-hybridized carbons (Fsp3) is 0.462. The van der Waals surface area contributed by atoms with Crippen molar-refractivity contribution in [3.8, 4) is 0 Å². The number of rotatable bonds is 3. The first-order chi connectivity index (χ1) is 9.79. The van der Waals surface area contributed by atoms with Crippen molar-refractivity contribution in [2.75, 3.05) is 20.3 Å². The third kappa shape index (κ3) is 2.37. The standard InChI is InChI=1S/C13H16N4O3/c1-19-12-4-6-20-8-10(12)16-13(18)9-7-15-17-11(9)3-2-5-14-17/h2-3,5,7,10,12H,4,6,8H2,1H3,(H,16,18)/t10-,12-/m1/s1. The number of hydrogen-bond donors (Lipinski definition) is 1. The number of ether oxygens (including phenoxy) is 2. The molecule has 0 spiro atoms. The number of aromatic nitrogens is 3. The topological polar surface area (TPSA) is 77.8 Å². The zero-order valence-corrected chi connectivity index (χ0v) is 11.2. The molecule has 20 heavy (non-hydrogen) atoms. The summed E-state index contributed by atoms with van der Waals surface area (Å²) in [6.45, 7) is 1.12. The summed E-state index contributed by atoms with van der Waals surface area (Å²) in [6, 6.07) is 3.43. The van der Waals surface area contributed by atoms with Crippen LogP contribution in [0.1, 0.15) is 16.8 Å². The highest BCUT2D eigenvalue weighted by molar-refractivity contribution is 6.00. The van der Waals surface area contributed by atoms with E-state index in [0.29, 0.717) is 24.3 Å². The van der Waals surface area contributed by atoms with Crippen molar-refractivity contribution < 1.29 is 14.3 Å². The Hall–Kier alpha value is -1.99. The average Bonchev–Trinajstić information content (AvgIpc) is 2.92. The summed E-state index contributed by atoms with van der Waals surface area (Å²) in [5.41, 5.74) is 1.18. The molecule has 0 unspecified atom stereocenters. The van der Waals surface area contributed by atoms with Gasteiger partial charge in [-0.1, -0.05) is 0 Å². The van der Waals surface area contributed by atoms with Gasteiger partial charge in [-0.3, -0.25) is 4.79 Å². The second-order valence-corrected chi connectivity index (χ2v) is 4.67. The van der Waals surface area contributed by atoms with Crippen LogP contribution in [0.5, 0.6) is 0 Å². The van der Waals surface area contributed by atoms with E-state index in [0.717, 1.165) is 6.42 Å². The van der Waals surface area contributed by atoms with Crippen LogP contribution in [0.2, 0.25) is 0 Å². The van der Waals surface area contributed by atoms with E-state index >= 15 is 0 Å². The summed E-state index contributed by atoms with van der Waals surface area (Å²) >= 11 is 0. The predicted molar refractivity (Wildman–Crippen MR) is 70.5 cm³/mol. The molecular weight excluding hydrogens is 260 g/mol. The molecule has 1 saturated heterocycles. The molecule has 0 aromatic carbocycles. The molecule has 0 aliphatic carbocycles. The Bertz CT molecular complexity index is 612. The van der Waals surface area contributed by atoms with Gasteiger partial charge in [0, 0.05) is 19.9 Å². The minimum absolute atomic E-state index is 0.0207. The number of methoxy groups -OCH3 is 1. The van der Waals surface area contributed by atoms with Crippen LogP contribution >= 0.6 is 0 Å². The van der Waals surface area contributed by atoms with E-state index in [1.807, 2.05) is 0 Å². The van der Waals surface area contributed by atoms with E-state index in [1.54, 1.807) is 25.4 Å². The van der Waals surface area contributed by atoms with Crippen LogP contribution < -0.4 is 5.32 Å². The molecule has 7 nitrogen and oxygen atoms in total. The Labute approximate surface area is 115 Å². The second-order valence-electron chi connectivity index (χ2n) is 4.67. The lowest BCUT2D eigenvalue weighted by Gasteiger charge is -2.30. The highest BCUT2D eigenvalue weighted by Gasteiger charge is 2.28. The quantitative estimate of drug-likeness (QED) is 0.870. The van der Waals surface area contributed by atoms with Crippen LogP contribution in [0.3, 0.4) is 0 Å². The molecule has 7 heteroatoms. The average molecular weight is 276 g/mol. The van der Waals surface area contributed by atoms with Crippen molar-refractivity contribution in [1.82, 2.24) is 20.1 Å². The summed E-state index contributed by atoms with van der Waals surface area (Å²) in [7, 11) is 1.65. The molecule has 0 radical (unpaired) electrons. The number of fused-ring (bicyclic) bond motifs is 1. The lowest BCUT2D eigenvalue weighted by Crippen LogP contribution is -2.50. The van der Waals surface area contributed by atoms with E-state index in [9.17, 15) is 4.79 Å². The van der Waals surface area contributed by atoms with Gasteiger partial charge in [0.1, 0.15) is 5.52 Å². The third-order valence-corrected chi connectivity index (χ3v) is 3.46. The Morgan fingerprint density at radius 1 is 1.55 bits per heavy atom. The van der Waals surface area contributed by atoms with E-state index in [-0.39, 0.29) is 18.1 Å². The van der Waals surface area contributed by atoms with Crippen LogP contribution in [0.15, 0.2) is 24.5 Å². The lowest BCUT2D eigenvalue weighted by molar-refractivity contribution is -0.0349. The fourth-order valence-electron chi connectivity index (χ4n) is 2.39. The molecule has 1 fully saturated rings. The van der Waals surface area contributed by atoms with Crippen molar-refractivity contribution in [2.24, 2.45) is 0 Å². The molecule has 1 aliphatic heterocycles. The van der Waals surface area contributed by atoms with Crippen molar-refractivity contribution in [3.63, 3.8) is 0 Å². The fourth-order valence-corrected chi connectivity index (χ4v) is 2.39. The van der Waals surface area contributed by atoms with Crippen LogP contribution in [0.4, 0.5) is 0 Å². The molecule has 2 aromatic rings. The Balaban J connectivity index is 1.78. The van der Waals surface area contributed by atoms with Crippen molar-refractivity contribution in [1.29, 1.82) is 0 Å². The van der Waals surface area contributed by atoms with E-state index in [4.69, 9.17) is 9.47 Å². The van der Waals surface area contributed by atoms with Gasteiger partial charge in [0.25, 0.3) is 5.91 Å². The lowest BCUT2D eigenvalue weighted by atomic mass is 10.1. The second kappa shape index (κ2) is 5.56. The number of carbonyl (C=O) groups excluding carboxylic acids is 1. The number of carbonyl (C=O) groups is 1. The summed E-state index contributed by atoms with van der Waals surface area (Å²) in [6.07, 6.45) is 3.89. The van der Waals surface area contributed by atoms with Crippen LogP contribution in [-0.2, 0) is 9.47 Å². The van der Waals surface area contributed by atoms with E-state index < -0.39 is 0 Å². The Morgan fingerprint density at radius 3 is 3.30 bits per heavy atom. The van der Waals surface area contributed by atoms with Gasteiger partial charge in [0.2, 0.25) is 0 Å². The monoisotopic (exact) mass is 276 g/mol. The number of nitrogens with one attached hydrogen (secondary N) is 1. The molecule has 3 heterocycles. The summed E-state index contributed by atoms with van der Waals surface area (Å²) in [4.78, 5) is 12.3. The first kappa shape index (κ1) is 13.0. The maximum Gasteiger partial charge on any atom is 0.255 e. The number of hydrogen-bond acceptors (Lipinski definition) is 5. The molecule has 1 amide bonds. The zero-order valence-electron chi connectivity index (χ0n) is 11.2. The van der Waals surface area contributed by atoms with Gasteiger partial charge in [-0.2, -0.15) is 14.8 Å². The van der Waals surface area contributed by atoms with E-state index in [2.05, 4.69) is 15.5 Å². The van der Waals surface area contributed by atoms with E-state index in [1.165, 1.54) is 10.8 Å². The first-order valence-corrected chi connectivity index (χ1v) is 6.50. The maximum atomic E-state index is 12.3. The highest BCUT2D eigenvalue weighted by atomic mass is 16.5. The van der Waals surface area contributed by atoms with Gasteiger partial charge in [0.15, 0.2) is 0 Å². The van der Waals surface area contributed by atoms with Gasteiger partial charge in [-0.05, 0) is 18.6 Å². The first-order valence-electron chi connectivity index (χ1n) is 6.50. The normalized spacial score (nSPS) is 22.9.